The summed E-state index contributed by atoms with van der Waals surface area (Å²) < 4.78 is 6.73. The normalized spacial score (nSPS) is 10.3. The molecule has 1 aromatic heterocycles. The van der Waals surface area contributed by atoms with Gasteiger partial charge in [-0.15, -0.1) is 0 Å². The fraction of sp³-hybridized carbons (Fsp3) is 0.154. The summed E-state index contributed by atoms with van der Waals surface area (Å²) >= 11 is 5.98. The number of hydrogen-bond acceptors (Lipinski definition) is 4. The van der Waals surface area contributed by atoms with Gasteiger partial charge < -0.3 is 10.5 Å². The highest BCUT2D eigenvalue weighted by molar-refractivity contribution is 6.30. The van der Waals surface area contributed by atoms with Gasteiger partial charge in [0, 0.05) is 16.8 Å². The van der Waals surface area contributed by atoms with Crippen molar-refractivity contribution in [3.05, 3.63) is 50.9 Å². The molecule has 0 bridgehead atoms. The van der Waals surface area contributed by atoms with Crippen LogP contribution in [0.3, 0.4) is 0 Å². The van der Waals surface area contributed by atoms with Crippen molar-refractivity contribution in [2.75, 3.05) is 7.11 Å². The molecule has 0 fully saturated rings. The second-order valence-corrected chi connectivity index (χ2v) is 4.58. The van der Waals surface area contributed by atoms with Gasteiger partial charge >= 0.3 is 0 Å². The summed E-state index contributed by atoms with van der Waals surface area (Å²) in [5.41, 5.74) is 6.01. The summed E-state index contributed by atoms with van der Waals surface area (Å²) in [5, 5.41) is 12.0. The molecule has 0 amide bonds. The average molecular weight is 293 g/mol. The maximum absolute atomic E-state index is 11.7. The Bertz CT molecular complexity index is 740. The molecule has 7 heteroatoms. The molecule has 0 radical (unpaired) electrons. The van der Waals surface area contributed by atoms with Gasteiger partial charge in [0.2, 0.25) is 5.43 Å². The Morgan fingerprint density at radius 3 is 2.75 bits per heavy atom. The van der Waals surface area contributed by atoms with Crippen LogP contribution in [0.4, 0.5) is 0 Å². The first-order valence-electron chi connectivity index (χ1n) is 5.73. The SMILES string of the molecule is COc1ccc(Cl)cc1-n1nc(C(=N)N)c(=O)cc1C. The minimum absolute atomic E-state index is 0.113. The van der Waals surface area contributed by atoms with E-state index in [0.717, 1.165) is 0 Å². The smallest absolute Gasteiger partial charge is 0.211 e. The van der Waals surface area contributed by atoms with Crippen molar-refractivity contribution in [3.63, 3.8) is 0 Å². The molecular weight excluding hydrogens is 280 g/mol. The van der Waals surface area contributed by atoms with Crippen LogP contribution in [0.15, 0.2) is 29.1 Å². The number of aromatic nitrogens is 2. The second-order valence-electron chi connectivity index (χ2n) is 4.14. The van der Waals surface area contributed by atoms with Crippen molar-refractivity contribution < 1.29 is 4.74 Å². The molecule has 2 aromatic rings. The van der Waals surface area contributed by atoms with E-state index in [-0.39, 0.29) is 11.5 Å². The van der Waals surface area contributed by atoms with E-state index in [0.29, 0.717) is 22.2 Å². The Morgan fingerprint density at radius 1 is 1.45 bits per heavy atom. The van der Waals surface area contributed by atoms with E-state index in [1.807, 2.05) is 0 Å². The molecule has 0 saturated carbocycles. The maximum Gasteiger partial charge on any atom is 0.211 e. The van der Waals surface area contributed by atoms with E-state index >= 15 is 0 Å². The van der Waals surface area contributed by atoms with Gasteiger partial charge in [-0.1, -0.05) is 11.6 Å². The number of nitrogens with two attached hydrogens (primary N) is 1. The zero-order valence-corrected chi connectivity index (χ0v) is 11.7. The first-order chi connectivity index (χ1) is 9.43. The molecule has 104 valence electrons. The number of aryl methyl sites for hydroxylation is 1. The predicted molar refractivity (Wildman–Crippen MR) is 77.1 cm³/mol. The molecule has 2 rings (SSSR count). The van der Waals surface area contributed by atoms with Crippen molar-refractivity contribution in [2.45, 2.75) is 6.92 Å². The molecular formula is C13H13ClN4O2. The zero-order valence-electron chi connectivity index (χ0n) is 11.0. The lowest BCUT2D eigenvalue weighted by Gasteiger charge is -2.14. The molecule has 0 aliphatic carbocycles. The molecule has 1 aromatic carbocycles. The molecule has 3 N–H and O–H groups in total. The van der Waals surface area contributed by atoms with Crippen LogP contribution in [-0.4, -0.2) is 22.7 Å². The summed E-state index contributed by atoms with van der Waals surface area (Å²) in [6.07, 6.45) is 0. The number of benzene rings is 1. The monoisotopic (exact) mass is 292 g/mol. The fourth-order valence-electron chi connectivity index (χ4n) is 1.81. The standard InChI is InChI=1S/C13H13ClN4O2/c1-7-5-10(19)12(13(15)16)17-18(7)9-6-8(14)3-4-11(9)20-2/h3-6H,1-2H3,(H3,15,16). The number of rotatable bonds is 3. The van der Waals surface area contributed by atoms with E-state index in [1.54, 1.807) is 25.1 Å². The van der Waals surface area contributed by atoms with Crippen molar-refractivity contribution >= 4 is 17.4 Å². The number of hydrogen-bond donors (Lipinski definition) is 2. The van der Waals surface area contributed by atoms with Gasteiger partial charge in [-0.2, -0.15) is 5.10 Å². The predicted octanol–water partition coefficient (Wildman–Crippen LogP) is 1.49. The highest BCUT2D eigenvalue weighted by Crippen LogP contribution is 2.26. The van der Waals surface area contributed by atoms with Gasteiger partial charge in [0.1, 0.15) is 17.3 Å². The zero-order chi connectivity index (χ0) is 14.9. The summed E-state index contributed by atoms with van der Waals surface area (Å²) in [4.78, 5) is 11.7. The van der Waals surface area contributed by atoms with E-state index in [4.69, 9.17) is 27.5 Å². The Kier molecular flexibility index (Phi) is 3.76. The van der Waals surface area contributed by atoms with Crippen molar-refractivity contribution in [3.8, 4) is 11.4 Å². The van der Waals surface area contributed by atoms with Crippen LogP contribution in [0.2, 0.25) is 5.02 Å². The van der Waals surface area contributed by atoms with Crippen molar-refractivity contribution in [2.24, 2.45) is 5.73 Å². The topological polar surface area (TPSA) is 94.0 Å². The third-order valence-corrected chi connectivity index (χ3v) is 2.97. The van der Waals surface area contributed by atoms with Gasteiger partial charge in [0.15, 0.2) is 5.69 Å². The van der Waals surface area contributed by atoms with E-state index in [1.165, 1.54) is 17.9 Å². The summed E-state index contributed by atoms with van der Waals surface area (Å²) in [5.74, 6) is 0.160. The Balaban J connectivity index is 2.75. The number of nitrogens with zero attached hydrogens (tertiary/aromatic N) is 2. The van der Waals surface area contributed by atoms with Crippen LogP contribution in [0.25, 0.3) is 5.69 Å². The van der Waals surface area contributed by atoms with Crippen molar-refractivity contribution in [1.29, 1.82) is 5.41 Å². The fourth-order valence-corrected chi connectivity index (χ4v) is 1.97. The highest BCUT2D eigenvalue weighted by atomic mass is 35.5. The Morgan fingerprint density at radius 2 is 2.15 bits per heavy atom. The van der Waals surface area contributed by atoms with Gasteiger partial charge in [0.25, 0.3) is 0 Å². The minimum atomic E-state index is -0.396. The quantitative estimate of drug-likeness (QED) is 0.662. The molecule has 0 saturated heterocycles. The largest absolute Gasteiger partial charge is 0.494 e. The third kappa shape index (κ3) is 2.50. The number of halogens is 1. The number of nitrogen functional groups attached to an aromatic ring is 1. The van der Waals surface area contributed by atoms with Gasteiger partial charge in [0.05, 0.1) is 7.11 Å². The van der Waals surface area contributed by atoms with Crippen LogP contribution in [0, 0.1) is 12.3 Å². The third-order valence-electron chi connectivity index (χ3n) is 2.73. The minimum Gasteiger partial charge on any atom is -0.494 e. The lowest BCUT2D eigenvalue weighted by molar-refractivity contribution is 0.411. The number of ether oxygens (including phenoxy) is 1. The van der Waals surface area contributed by atoms with Crippen LogP contribution in [-0.2, 0) is 0 Å². The van der Waals surface area contributed by atoms with Crippen LogP contribution < -0.4 is 15.9 Å². The lowest BCUT2D eigenvalue weighted by atomic mass is 10.2. The molecule has 0 spiro atoms. The molecule has 1 heterocycles. The second kappa shape index (κ2) is 5.34. The lowest BCUT2D eigenvalue weighted by Crippen LogP contribution is -2.27. The summed E-state index contributed by atoms with van der Waals surface area (Å²) in [7, 11) is 1.52. The first kappa shape index (κ1) is 14.1. The molecule has 0 unspecified atom stereocenters. The molecule has 0 aliphatic rings. The van der Waals surface area contributed by atoms with Crippen molar-refractivity contribution in [1.82, 2.24) is 9.78 Å². The van der Waals surface area contributed by atoms with E-state index in [2.05, 4.69) is 5.10 Å². The average Bonchev–Trinajstić information content (AvgIpc) is 2.38. The number of nitrogens with one attached hydrogen (secondary N) is 1. The molecule has 0 atom stereocenters. The number of amidine groups is 1. The highest BCUT2D eigenvalue weighted by Gasteiger charge is 2.13. The first-order valence-corrected chi connectivity index (χ1v) is 6.11. The molecule has 20 heavy (non-hydrogen) atoms. The van der Waals surface area contributed by atoms with Gasteiger partial charge in [-0.25, -0.2) is 4.68 Å². The summed E-state index contributed by atoms with van der Waals surface area (Å²) in [6, 6.07) is 6.41. The molecule has 6 nitrogen and oxygen atoms in total. The Labute approximate surface area is 120 Å². The number of methoxy groups -OCH3 is 1. The summed E-state index contributed by atoms with van der Waals surface area (Å²) in [6.45, 7) is 1.72. The Hall–Kier alpha value is -2.34. The maximum atomic E-state index is 11.7. The van der Waals surface area contributed by atoms with Crippen LogP contribution >= 0.6 is 11.6 Å². The van der Waals surface area contributed by atoms with E-state index < -0.39 is 5.43 Å². The molecule has 0 aliphatic heterocycles. The van der Waals surface area contributed by atoms with Gasteiger partial charge in [-0.05, 0) is 25.1 Å². The van der Waals surface area contributed by atoms with Crippen LogP contribution in [0.5, 0.6) is 5.75 Å². The van der Waals surface area contributed by atoms with Crippen LogP contribution in [0.1, 0.15) is 11.4 Å². The van der Waals surface area contributed by atoms with E-state index in [9.17, 15) is 4.79 Å². The van der Waals surface area contributed by atoms with Gasteiger partial charge in [-0.3, -0.25) is 10.2 Å².